The van der Waals surface area contributed by atoms with Crippen LogP contribution in [-0.4, -0.2) is 46.4 Å². The molecule has 0 aliphatic carbocycles. The summed E-state index contributed by atoms with van der Waals surface area (Å²) in [5.41, 5.74) is 1.03. The van der Waals surface area contributed by atoms with Crippen molar-refractivity contribution >= 4 is 41.3 Å². The van der Waals surface area contributed by atoms with Gasteiger partial charge in [-0.05, 0) is 45.4 Å². The molecule has 0 bridgehead atoms. The molecule has 1 unspecified atom stereocenters. The van der Waals surface area contributed by atoms with Gasteiger partial charge in [-0.25, -0.2) is 0 Å². The van der Waals surface area contributed by atoms with Gasteiger partial charge in [0.15, 0.2) is 17.5 Å². The maximum absolute atomic E-state index is 5.56. The van der Waals surface area contributed by atoms with E-state index in [1.165, 1.54) is 9.75 Å². The maximum Gasteiger partial charge on any atom is 0.203 e. The molecular formula is C22H34IN3O3S. The minimum Gasteiger partial charge on any atom is -0.493 e. The molecule has 2 N–H and O–H groups in total. The molecule has 0 amide bonds. The molecule has 168 valence electrons. The first kappa shape index (κ1) is 26.4. The van der Waals surface area contributed by atoms with Gasteiger partial charge >= 0.3 is 0 Å². The molecule has 2 aromatic rings. The second-order valence-electron chi connectivity index (χ2n) is 6.77. The van der Waals surface area contributed by atoms with Gasteiger partial charge in [-0.2, -0.15) is 0 Å². The monoisotopic (exact) mass is 547 g/mol. The Balaban J connectivity index is 0.00000450. The van der Waals surface area contributed by atoms with Crippen LogP contribution in [0.3, 0.4) is 0 Å². The summed E-state index contributed by atoms with van der Waals surface area (Å²) in [6, 6.07) is 8.56. The minimum absolute atomic E-state index is 0. The van der Waals surface area contributed by atoms with E-state index in [4.69, 9.17) is 19.2 Å². The highest BCUT2D eigenvalue weighted by Crippen LogP contribution is 2.39. The van der Waals surface area contributed by atoms with Gasteiger partial charge in [0.1, 0.15) is 0 Å². The third-order valence-electron chi connectivity index (χ3n) is 4.47. The lowest BCUT2D eigenvalue weighted by Gasteiger charge is -2.18. The molecule has 0 aliphatic heterocycles. The molecule has 1 atom stereocenters. The second kappa shape index (κ2) is 13.6. The van der Waals surface area contributed by atoms with Crippen LogP contribution in [0.2, 0.25) is 0 Å². The van der Waals surface area contributed by atoms with Crippen LogP contribution < -0.4 is 24.8 Å². The summed E-state index contributed by atoms with van der Waals surface area (Å²) in [6.45, 7) is 7.84. The molecule has 0 spiro atoms. The number of aryl methyl sites for hydroxylation is 1. The van der Waals surface area contributed by atoms with E-state index in [1.54, 1.807) is 21.3 Å². The summed E-state index contributed by atoms with van der Waals surface area (Å²) in [7, 11) is 4.88. The van der Waals surface area contributed by atoms with E-state index in [0.29, 0.717) is 29.8 Å². The number of nitrogens with zero attached hydrogens (tertiary/aromatic N) is 1. The largest absolute Gasteiger partial charge is 0.493 e. The molecule has 0 fully saturated rings. The standard InChI is InChI=1S/C22H33N3O3S.HI/c1-7-23-22(25-15(2)14-18-10-8-16(3)29-18)24-13-12-17-9-11-19(26-4)21(28-6)20(17)27-5;/h8-11,15H,7,12-14H2,1-6H3,(H2,23,24,25);1H. The minimum atomic E-state index is 0. The van der Waals surface area contributed by atoms with Gasteiger partial charge < -0.3 is 24.8 Å². The molecule has 0 radical (unpaired) electrons. The molecule has 1 aromatic heterocycles. The fraction of sp³-hybridized carbons (Fsp3) is 0.500. The number of methoxy groups -OCH3 is 3. The molecule has 1 heterocycles. The van der Waals surface area contributed by atoms with Crippen molar-refractivity contribution in [2.24, 2.45) is 4.99 Å². The lowest BCUT2D eigenvalue weighted by molar-refractivity contribution is 0.322. The summed E-state index contributed by atoms with van der Waals surface area (Å²) in [6.07, 6.45) is 1.71. The number of rotatable bonds is 10. The SMILES string of the molecule is CCNC(=NCCc1ccc(OC)c(OC)c1OC)NC(C)Cc1ccc(C)s1.I. The van der Waals surface area contributed by atoms with Crippen LogP contribution in [-0.2, 0) is 12.8 Å². The number of aliphatic imine (C=N–C) groups is 1. The third-order valence-corrected chi connectivity index (χ3v) is 5.49. The molecule has 30 heavy (non-hydrogen) atoms. The summed E-state index contributed by atoms with van der Waals surface area (Å²) < 4.78 is 16.4. The van der Waals surface area contributed by atoms with Crippen molar-refractivity contribution in [3.8, 4) is 17.2 Å². The fourth-order valence-corrected chi connectivity index (χ4v) is 4.17. The van der Waals surface area contributed by atoms with Crippen LogP contribution in [0, 0.1) is 6.92 Å². The predicted octanol–water partition coefficient (Wildman–Crippen LogP) is 4.43. The van der Waals surface area contributed by atoms with Gasteiger partial charge in [0.05, 0.1) is 21.3 Å². The van der Waals surface area contributed by atoms with Gasteiger partial charge in [-0.15, -0.1) is 35.3 Å². The topological polar surface area (TPSA) is 64.1 Å². The van der Waals surface area contributed by atoms with Crippen molar-refractivity contribution in [1.29, 1.82) is 0 Å². The van der Waals surface area contributed by atoms with Gasteiger partial charge in [-0.1, -0.05) is 6.07 Å². The first-order valence-electron chi connectivity index (χ1n) is 9.90. The number of nitrogens with one attached hydrogen (secondary N) is 2. The molecule has 8 heteroatoms. The van der Waals surface area contributed by atoms with Crippen LogP contribution in [0.5, 0.6) is 17.2 Å². The molecule has 2 rings (SSSR count). The first-order valence-corrected chi connectivity index (χ1v) is 10.7. The van der Waals surface area contributed by atoms with Crippen LogP contribution >= 0.6 is 35.3 Å². The Kier molecular flexibility index (Phi) is 11.9. The zero-order chi connectivity index (χ0) is 21.2. The average molecular weight is 548 g/mol. The van der Waals surface area contributed by atoms with Crippen LogP contribution in [0.15, 0.2) is 29.3 Å². The lowest BCUT2D eigenvalue weighted by atomic mass is 10.1. The molecule has 0 saturated carbocycles. The van der Waals surface area contributed by atoms with Gasteiger partial charge in [0.25, 0.3) is 0 Å². The Morgan fingerprint density at radius 1 is 1.07 bits per heavy atom. The number of ether oxygens (including phenoxy) is 3. The number of hydrogen-bond donors (Lipinski definition) is 2. The zero-order valence-electron chi connectivity index (χ0n) is 18.7. The van der Waals surface area contributed by atoms with E-state index in [9.17, 15) is 0 Å². The Bertz CT molecular complexity index is 811. The van der Waals surface area contributed by atoms with Crippen molar-refractivity contribution in [3.63, 3.8) is 0 Å². The molecule has 0 aliphatic rings. The molecule has 0 saturated heterocycles. The van der Waals surface area contributed by atoms with Crippen molar-refractivity contribution in [3.05, 3.63) is 39.6 Å². The van der Waals surface area contributed by atoms with Gasteiger partial charge in [0.2, 0.25) is 5.75 Å². The molecular weight excluding hydrogens is 513 g/mol. The number of hydrogen-bond acceptors (Lipinski definition) is 5. The predicted molar refractivity (Wildman–Crippen MR) is 137 cm³/mol. The van der Waals surface area contributed by atoms with E-state index in [2.05, 4.69) is 43.5 Å². The number of guanidine groups is 1. The van der Waals surface area contributed by atoms with Crippen molar-refractivity contribution in [2.75, 3.05) is 34.4 Å². The van der Waals surface area contributed by atoms with Crippen LogP contribution in [0.1, 0.15) is 29.2 Å². The number of halogens is 1. The first-order chi connectivity index (χ1) is 14.0. The Morgan fingerprint density at radius 2 is 1.80 bits per heavy atom. The van der Waals surface area contributed by atoms with Crippen molar-refractivity contribution in [1.82, 2.24) is 10.6 Å². The Morgan fingerprint density at radius 3 is 2.37 bits per heavy atom. The maximum atomic E-state index is 5.56. The van der Waals surface area contributed by atoms with Crippen LogP contribution in [0.4, 0.5) is 0 Å². The summed E-state index contributed by atoms with van der Waals surface area (Å²) >= 11 is 1.85. The zero-order valence-corrected chi connectivity index (χ0v) is 21.9. The third kappa shape index (κ3) is 7.54. The molecule has 6 nitrogen and oxygen atoms in total. The lowest BCUT2D eigenvalue weighted by Crippen LogP contribution is -2.43. The normalized spacial score (nSPS) is 12.0. The molecule has 1 aromatic carbocycles. The highest BCUT2D eigenvalue weighted by molar-refractivity contribution is 14.0. The van der Waals surface area contributed by atoms with E-state index in [-0.39, 0.29) is 24.0 Å². The number of benzene rings is 1. The van der Waals surface area contributed by atoms with Gasteiger partial charge in [-0.3, -0.25) is 4.99 Å². The van der Waals surface area contributed by atoms with E-state index >= 15 is 0 Å². The van der Waals surface area contributed by atoms with E-state index in [1.807, 2.05) is 23.5 Å². The van der Waals surface area contributed by atoms with E-state index in [0.717, 1.165) is 30.9 Å². The smallest absolute Gasteiger partial charge is 0.203 e. The van der Waals surface area contributed by atoms with E-state index < -0.39 is 0 Å². The quantitative estimate of drug-likeness (QED) is 0.262. The van der Waals surface area contributed by atoms with Gasteiger partial charge in [0, 0.05) is 40.9 Å². The number of thiophene rings is 1. The Labute approximate surface area is 201 Å². The summed E-state index contributed by atoms with van der Waals surface area (Å²) in [5.74, 6) is 2.79. The summed E-state index contributed by atoms with van der Waals surface area (Å²) in [4.78, 5) is 7.47. The van der Waals surface area contributed by atoms with Crippen molar-refractivity contribution < 1.29 is 14.2 Å². The average Bonchev–Trinajstić information content (AvgIpc) is 3.11. The summed E-state index contributed by atoms with van der Waals surface area (Å²) in [5, 5.41) is 6.83. The van der Waals surface area contributed by atoms with Crippen molar-refractivity contribution in [2.45, 2.75) is 39.7 Å². The highest BCUT2D eigenvalue weighted by Gasteiger charge is 2.15. The Hall–Kier alpha value is -1.68. The highest BCUT2D eigenvalue weighted by atomic mass is 127. The van der Waals surface area contributed by atoms with Crippen LogP contribution in [0.25, 0.3) is 0 Å². The fourth-order valence-electron chi connectivity index (χ4n) is 3.15. The second-order valence-corrected chi connectivity index (χ2v) is 8.14.